The highest BCUT2D eigenvalue weighted by atomic mass is 16.5. The van der Waals surface area contributed by atoms with Crippen LogP contribution in [-0.2, 0) is 4.79 Å². The van der Waals surface area contributed by atoms with Crippen molar-refractivity contribution in [1.82, 2.24) is 0 Å². The summed E-state index contributed by atoms with van der Waals surface area (Å²) in [5.41, 5.74) is 0.728. The maximum absolute atomic E-state index is 10.6. The van der Waals surface area contributed by atoms with Crippen molar-refractivity contribution in [2.24, 2.45) is 0 Å². The van der Waals surface area contributed by atoms with Crippen LogP contribution in [0.15, 0.2) is 24.3 Å². The Labute approximate surface area is 113 Å². The van der Waals surface area contributed by atoms with E-state index in [2.05, 4.69) is 6.92 Å². The Bertz CT molecular complexity index is 451. The molecule has 0 bridgehead atoms. The molecule has 19 heavy (non-hydrogen) atoms. The number of carbonyl (C=O) groups is 1. The van der Waals surface area contributed by atoms with Gasteiger partial charge >= 0.3 is 5.97 Å². The van der Waals surface area contributed by atoms with Gasteiger partial charge in [0.25, 0.3) is 0 Å². The second kappa shape index (κ2) is 7.46. The van der Waals surface area contributed by atoms with Gasteiger partial charge in [0.2, 0.25) is 0 Å². The maximum atomic E-state index is 10.6. The fourth-order valence-corrected chi connectivity index (χ4v) is 1.72. The summed E-state index contributed by atoms with van der Waals surface area (Å²) in [4.78, 5) is 10.6. The van der Waals surface area contributed by atoms with Gasteiger partial charge in [0, 0.05) is 17.7 Å². The molecule has 0 radical (unpaired) electrons. The van der Waals surface area contributed by atoms with Gasteiger partial charge in [-0.2, -0.15) is 0 Å². The van der Waals surface area contributed by atoms with Crippen molar-refractivity contribution in [1.29, 1.82) is 0 Å². The molecule has 0 saturated heterocycles. The third-order valence-corrected chi connectivity index (χ3v) is 2.65. The van der Waals surface area contributed by atoms with Crippen molar-refractivity contribution in [2.75, 3.05) is 7.11 Å². The minimum atomic E-state index is -0.983. The van der Waals surface area contributed by atoms with Gasteiger partial charge in [-0.1, -0.05) is 13.3 Å². The van der Waals surface area contributed by atoms with E-state index in [-0.39, 0.29) is 6.10 Å². The highest BCUT2D eigenvalue weighted by Gasteiger charge is 2.08. The molecule has 0 aromatic heterocycles. The van der Waals surface area contributed by atoms with Gasteiger partial charge in [0.05, 0.1) is 13.2 Å². The summed E-state index contributed by atoms with van der Waals surface area (Å²) in [7, 11) is 1.58. The van der Waals surface area contributed by atoms with Crippen LogP contribution >= 0.6 is 0 Å². The van der Waals surface area contributed by atoms with Crippen molar-refractivity contribution < 1.29 is 19.4 Å². The Morgan fingerprint density at radius 3 is 2.79 bits per heavy atom. The largest absolute Gasteiger partial charge is 0.497 e. The van der Waals surface area contributed by atoms with E-state index >= 15 is 0 Å². The van der Waals surface area contributed by atoms with Crippen LogP contribution in [0, 0.1) is 0 Å². The minimum absolute atomic E-state index is 0.0779. The summed E-state index contributed by atoms with van der Waals surface area (Å²) < 4.78 is 11.0. The molecule has 1 aromatic rings. The molecule has 1 atom stereocenters. The van der Waals surface area contributed by atoms with E-state index in [1.165, 1.54) is 6.08 Å². The summed E-state index contributed by atoms with van der Waals surface area (Å²) >= 11 is 0. The molecule has 0 spiro atoms. The molecule has 0 saturated carbocycles. The zero-order valence-electron chi connectivity index (χ0n) is 11.6. The van der Waals surface area contributed by atoms with Crippen molar-refractivity contribution >= 4 is 12.0 Å². The lowest BCUT2D eigenvalue weighted by Gasteiger charge is -2.16. The SMILES string of the molecule is CCCC(C)Oc1cc(OC)ccc1/C=C/C(=O)O. The average Bonchev–Trinajstić information content (AvgIpc) is 2.37. The molecular formula is C15H20O4. The van der Waals surface area contributed by atoms with Crippen molar-refractivity contribution in [3.63, 3.8) is 0 Å². The van der Waals surface area contributed by atoms with E-state index in [9.17, 15) is 4.79 Å². The zero-order valence-corrected chi connectivity index (χ0v) is 11.6. The lowest BCUT2D eigenvalue weighted by atomic mass is 10.1. The standard InChI is InChI=1S/C15H20O4/c1-4-5-11(2)19-14-10-13(18-3)8-6-12(14)7-9-15(16)17/h6-11H,4-5H2,1-3H3,(H,16,17)/b9-7+. The number of hydrogen-bond acceptors (Lipinski definition) is 3. The molecule has 0 aliphatic rings. The first kappa shape index (κ1) is 15.1. The van der Waals surface area contributed by atoms with Crippen molar-refractivity contribution in [3.8, 4) is 11.5 Å². The molecule has 1 unspecified atom stereocenters. The summed E-state index contributed by atoms with van der Waals surface area (Å²) in [5, 5.41) is 8.68. The molecule has 4 nitrogen and oxygen atoms in total. The second-order valence-electron chi connectivity index (χ2n) is 4.29. The summed E-state index contributed by atoms with van der Waals surface area (Å²) in [6.45, 7) is 4.09. The van der Waals surface area contributed by atoms with Gasteiger partial charge < -0.3 is 14.6 Å². The third kappa shape index (κ3) is 5.04. The quantitative estimate of drug-likeness (QED) is 0.767. The van der Waals surface area contributed by atoms with Gasteiger partial charge in [-0.3, -0.25) is 0 Å². The molecular weight excluding hydrogens is 244 g/mol. The number of benzene rings is 1. The Morgan fingerprint density at radius 1 is 1.47 bits per heavy atom. The fraction of sp³-hybridized carbons (Fsp3) is 0.400. The molecule has 0 amide bonds. The monoisotopic (exact) mass is 264 g/mol. The van der Waals surface area contributed by atoms with Crippen molar-refractivity contribution in [3.05, 3.63) is 29.8 Å². The Balaban J connectivity index is 2.98. The first-order chi connectivity index (χ1) is 9.06. The molecule has 1 N–H and O–H groups in total. The van der Waals surface area contributed by atoms with Crippen LogP contribution in [-0.4, -0.2) is 24.3 Å². The molecule has 0 aliphatic heterocycles. The number of aliphatic carboxylic acids is 1. The summed E-state index contributed by atoms with van der Waals surface area (Å²) in [6, 6.07) is 5.33. The van der Waals surface area contributed by atoms with E-state index in [0.29, 0.717) is 11.5 Å². The van der Waals surface area contributed by atoms with Gasteiger partial charge in [0.15, 0.2) is 0 Å². The fourth-order valence-electron chi connectivity index (χ4n) is 1.72. The molecule has 1 aromatic carbocycles. The third-order valence-electron chi connectivity index (χ3n) is 2.65. The number of hydrogen-bond donors (Lipinski definition) is 1. The highest BCUT2D eigenvalue weighted by Crippen LogP contribution is 2.27. The Morgan fingerprint density at radius 2 is 2.21 bits per heavy atom. The van der Waals surface area contributed by atoms with Crippen LogP contribution in [0.3, 0.4) is 0 Å². The molecule has 4 heteroatoms. The van der Waals surface area contributed by atoms with Crippen LogP contribution in [0.25, 0.3) is 6.08 Å². The predicted molar refractivity (Wildman–Crippen MR) is 74.7 cm³/mol. The van der Waals surface area contributed by atoms with Crippen molar-refractivity contribution in [2.45, 2.75) is 32.8 Å². The number of carboxylic acid groups (broad SMARTS) is 1. The van der Waals surface area contributed by atoms with E-state index in [1.807, 2.05) is 6.92 Å². The van der Waals surface area contributed by atoms with E-state index < -0.39 is 5.97 Å². The van der Waals surface area contributed by atoms with Crippen LogP contribution in [0.5, 0.6) is 11.5 Å². The summed E-state index contributed by atoms with van der Waals surface area (Å²) in [6.07, 6.45) is 4.67. The van der Waals surface area contributed by atoms with Crippen LogP contribution in [0.1, 0.15) is 32.3 Å². The van der Waals surface area contributed by atoms with Crippen LogP contribution in [0.2, 0.25) is 0 Å². The second-order valence-corrected chi connectivity index (χ2v) is 4.29. The smallest absolute Gasteiger partial charge is 0.328 e. The lowest BCUT2D eigenvalue weighted by molar-refractivity contribution is -0.131. The van der Waals surface area contributed by atoms with Gasteiger partial charge in [0.1, 0.15) is 11.5 Å². The lowest BCUT2D eigenvalue weighted by Crippen LogP contribution is -2.11. The van der Waals surface area contributed by atoms with Crippen LogP contribution < -0.4 is 9.47 Å². The Hall–Kier alpha value is -1.97. The normalized spacial score (nSPS) is 12.4. The molecule has 0 fully saturated rings. The Kier molecular flexibility index (Phi) is 5.93. The first-order valence-corrected chi connectivity index (χ1v) is 6.32. The molecule has 0 aliphatic carbocycles. The minimum Gasteiger partial charge on any atom is -0.497 e. The predicted octanol–water partition coefficient (Wildman–Crippen LogP) is 3.36. The van der Waals surface area contributed by atoms with Gasteiger partial charge in [-0.25, -0.2) is 4.79 Å². The highest BCUT2D eigenvalue weighted by molar-refractivity contribution is 5.86. The van der Waals surface area contributed by atoms with E-state index in [0.717, 1.165) is 24.5 Å². The average molecular weight is 264 g/mol. The van der Waals surface area contributed by atoms with Gasteiger partial charge in [-0.15, -0.1) is 0 Å². The number of rotatable bonds is 7. The molecule has 1 rings (SSSR count). The maximum Gasteiger partial charge on any atom is 0.328 e. The topological polar surface area (TPSA) is 55.8 Å². The molecule has 104 valence electrons. The van der Waals surface area contributed by atoms with Gasteiger partial charge in [-0.05, 0) is 31.6 Å². The van der Waals surface area contributed by atoms with Crippen LogP contribution in [0.4, 0.5) is 0 Å². The number of carboxylic acids is 1. The number of methoxy groups -OCH3 is 1. The molecule has 0 heterocycles. The van der Waals surface area contributed by atoms with E-state index in [1.54, 1.807) is 25.3 Å². The first-order valence-electron chi connectivity index (χ1n) is 6.32. The summed E-state index contributed by atoms with van der Waals surface area (Å²) in [5.74, 6) is 0.340. The number of ether oxygens (including phenoxy) is 2. The van der Waals surface area contributed by atoms with E-state index in [4.69, 9.17) is 14.6 Å². The zero-order chi connectivity index (χ0) is 14.3.